The van der Waals surface area contributed by atoms with Crippen LogP contribution < -0.4 is 5.73 Å². The predicted octanol–water partition coefficient (Wildman–Crippen LogP) is 2.55. The minimum absolute atomic E-state index is 0.140. The highest BCUT2D eigenvalue weighted by molar-refractivity contribution is 5.75. The third kappa shape index (κ3) is 4.55. The van der Waals surface area contributed by atoms with E-state index in [4.69, 9.17) is 15.2 Å². The first-order valence-corrected chi connectivity index (χ1v) is 8.71. The Balaban J connectivity index is 1.78. The van der Waals surface area contributed by atoms with Crippen LogP contribution in [0.25, 0.3) is 0 Å². The fourth-order valence-electron chi connectivity index (χ4n) is 3.52. The van der Waals surface area contributed by atoms with Gasteiger partial charge in [0.25, 0.3) is 0 Å². The highest BCUT2D eigenvalue weighted by atomic mass is 16.5. The van der Waals surface area contributed by atoms with Crippen molar-refractivity contribution in [3.63, 3.8) is 0 Å². The molecule has 0 radical (unpaired) electrons. The Kier molecular flexibility index (Phi) is 5.34. The lowest BCUT2D eigenvalue weighted by molar-refractivity contribution is -0.153. The fourth-order valence-corrected chi connectivity index (χ4v) is 3.52. The van der Waals surface area contributed by atoms with Crippen LogP contribution >= 0.6 is 0 Å². The molecule has 2 fully saturated rings. The first kappa shape index (κ1) is 16.5. The van der Waals surface area contributed by atoms with Crippen molar-refractivity contribution >= 4 is 5.97 Å². The minimum atomic E-state index is -0.672. The predicted molar refractivity (Wildman–Crippen MR) is 88.8 cm³/mol. The van der Waals surface area contributed by atoms with E-state index >= 15 is 0 Å². The van der Waals surface area contributed by atoms with Gasteiger partial charge < -0.3 is 15.2 Å². The highest BCUT2D eigenvalue weighted by Crippen LogP contribution is 2.39. The van der Waals surface area contributed by atoms with Gasteiger partial charge in [0.15, 0.2) is 0 Å². The molecule has 3 rings (SSSR count). The molecule has 4 heteroatoms. The zero-order valence-corrected chi connectivity index (χ0v) is 13.8. The van der Waals surface area contributed by atoms with Crippen LogP contribution in [0.5, 0.6) is 0 Å². The Bertz CT molecular complexity index is 515. The van der Waals surface area contributed by atoms with E-state index in [1.54, 1.807) is 0 Å². The molecule has 126 valence electrons. The number of cyclic esters (lactones) is 1. The van der Waals surface area contributed by atoms with Crippen molar-refractivity contribution in [3.05, 3.63) is 35.9 Å². The van der Waals surface area contributed by atoms with Crippen LogP contribution in [0.2, 0.25) is 0 Å². The molecule has 1 aromatic rings. The molecule has 0 aromatic heterocycles. The maximum absolute atomic E-state index is 12.0. The van der Waals surface area contributed by atoms with Crippen LogP contribution in [-0.2, 0) is 20.7 Å². The molecular weight excluding hydrogens is 290 g/mol. The standard InChI is InChI=1S/C19H27NO3/c1-13-17(10-14-5-3-2-4-6-14)16(9-15-7-8-15)11-22-12-18(20)19(21)23-13/h2-6,13,15-18H,7-12,20H2,1H3/t13-,16-,17-,18-/m0/s1. The van der Waals surface area contributed by atoms with Crippen molar-refractivity contribution < 1.29 is 14.3 Å². The molecule has 23 heavy (non-hydrogen) atoms. The topological polar surface area (TPSA) is 61.5 Å². The Labute approximate surface area is 138 Å². The number of hydrogen-bond donors (Lipinski definition) is 1. The zero-order valence-electron chi connectivity index (χ0n) is 13.8. The van der Waals surface area contributed by atoms with Gasteiger partial charge in [-0.2, -0.15) is 0 Å². The van der Waals surface area contributed by atoms with Crippen LogP contribution in [0.3, 0.4) is 0 Å². The molecule has 1 aliphatic carbocycles. The van der Waals surface area contributed by atoms with Crippen molar-refractivity contribution in [2.24, 2.45) is 23.5 Å². The average molecular weight is 317 g/mol. The summed E-state index contributed by atoms with van der Waals surface area (Å²) in [5, 5.41) is 0. The van der Waals surface area contributed by atoms with Gasteiger partial charge in [0, 0.05) is 12.5 Å². The van der Waals surface area contributed by atoms with Gasteiger partial charge in [-0.25, -0.2) is 0 Å². The molecule has 1 saturated carbocycles. The normalized spacial score (nSPS) is 32.5. The summed E-state index contributed by atoms with van der Waals surface area (Å²) >= 11 is 0. The van der Waals surface area contributed by atoms with Crippen LogP contribution in [0.15, 0.2) is 30.3 Å². The number of ether oxygens (including phenoxy) is 2. The molecule has 4 nitrogen and oxygen atoms in total. The maximum Gasteiger partial charge on any atom is 0.325 e. The van der Waals surface area contributed by atoms with Crippen molar-refractivity contribution in [2.45, 2.75) is 44.8 Å². The third-order valence-electron chi connectivity index (χ3n) is 5.09. The molecular formula is C19H27NO3. The Morgan fingerprint density at radius 2 is 1.91 bits per heavy atom. The van der Waals surface area contributed by atoms with Gasteiger partial charge in [-0.1, -0.05) is 43.2 Å². The van der Waals surface area contributed by atoms with E-state index in [1.807, 2.05) is 13.0 Å². The van der Waals surface area contributed by atoms with Gasteiger partial charge in [0.05, 0.1) is 6.61 Å². The summed E-state index contributed by atoms with van der Waals surface area (Å²) in [6.07, 6.45) is 4.57. The molecule has 0 unspecified atom stereocenters. The van der Waals surface area contributed by atoms with E-state index in [-0.39, 0.29) is 24.6 Å². The second-order valence-corrected chi connectivity index (χ2v) is 7.08. The van der Waals surface area contributed by atoms with E-state index in [1.165, 1.54) is 18.4 Å². The van der Waals surface area contributed by atoms with Crippen LogP contribution in [0.1, 0.15) is 31.7 Å². The number of carbonyl (C=O) groups is 1. The van der Waals surface area contributed by atoms with Crippen molar-refractivity contribution in [1.82, 2.24) is 0 Å². The van der Waals surface area contributed by atoms with Crippen molar-refractivity contribution in [2.75, 3.05) is 13.2 Å². The van der Waals surface area contributed by atoms with Crippen molar-refractivity contribution in [1.29, 1.82) is 0 Å². The molecule has 1 heterocycles. The lowest BCUT2D eigenvalue weighted by Gasteiger charge is -2.31. The number of benzene rings is 1. The molecule has 0 bridgehead atoms. The van der Waals surface area contributed by atoms with Gasteiger partial charge >= 0.3 is 5.97 Å². The largest absolute Gasteiger partial charge is 0.461 e. The van der Waals surface area contributed by atoms with Gasteiger partial charge in [-0.15, -0.1) is 0 Å². The van der Waals surface area contributed by atoms with Crippen molar-refractivity contribution in [3.8, 4) is 0 Å². The number of esters is 1. The first-order chi connectivity index (χ1) is 11.1. The summed E-state index contributed by atoms with van der Waals surface area (Å²) in [7, 11) is 0. The van der Waals surface area contributed by atoms with E-state index < -0.39 is 6.04 Å². The second-order valence-electron chi connectivity index (χ2n) is 7.08. The fraction of sp³-hybridized carbons (Fsp3) is 0.632. The summed E-state index contributed by atoms with van der Waals surface area (Å²) < 4.78 is 11.4. The number of rotatable bonds is 4. The monoisotopic (exact) mass is 317 g/mol. The molecule has 0 amide bonds. The molecule has 0 spiro atoms. The van der Waals surface area contributed by atoms with Crippen LogP contribution in [-0.4, -0.2) is 31.3 Å². The lowest BCUT2D eigenvalue weighted by Crippen LogP contribution is -2.39. The van der Waals surface area contributed by atoms with Gasteiger partial charge in [-0.05, 0) is 37.2 Å². The van der Waals surface area contributed by atoms with E-state index in [9.17, 15) is 4.79 Å². The second kappa shape index (κ2) is 7.45. The summed E-state index contributed by atoms with van der Waals surface area (Å²) in [6, 6.07) is 9.76. The molecule has 2 N–H and O–H groups in total. The smallest absolute Gasteiger partial charge is 0.325 e. The van der Waals surface area contributed by atoms with E-state index in [0.29, 0.717) is 12.5 Å². The minimum Gasteiger partial charge on any atom is -0.461 e. The maximum atomic E-state index is 12.0. The van der Waals surface area contributed by atoms with Gasteiger partial charge in [0.2, 0.25) is 0 Å². The molecule has 4 atom stereocenters. The Morgan fingerprint density at radius 3 is 2.61 bits per heavy atom. The molecule has 1 aromatic carbocycles. The first-order valence-electron chi connectivity index (χ1n) is 8.71. The van der Waals surface area contributed by atoms with E-state index in [0.717, 1.165) is 18.8 Å². The summed E-state index contributed by atoms with van der Waals surface area (Å²) in [5.41, 5.74) is 7.12. The zero-order chi connectivity index (χ0) is 16.2. The molecule has 1 aliphatic heterocycles. The molecule has 2 aliphatic rings. The van der Waals surface area contributed by atoms with Gasteiger partial charge in [-0.3, -0.25) is 4.79 Å². The molecule has 1 saturated heterocycles. The Morgan fingerprint density at radius 1 is 1.17 bits per heavy atom. The van der Waals surface area contributed by atoms with E-state index in [2.05, 4.69) is 24.3 Å². The third-order valence-corrected chi connectivity index (χ3v) is 5.09. The Hall–Kier alpha value is -1.39. The number of carbonyl (C=O) groups excluding carboxylic acids is 1. The van der Waals surface area contributed by atoms with Crippen LogP contribution in [0.4, 0.5) is 0 Å². The van der Waals surface area contributed by atoms with Crippen LogP contribution in [0, 0.1) is 17.8 Å². The number of nitrogens with two attached hydrogens (primary N) is 1. The number of hydrogen-bond acceptors (Lipinski definition) is 4. The summed E-state index contributed by atoms with van der Waals surface area (Å²) in [5.74, 6) is 1.16. The summed E-state index contributed by atoms with van der Waals surface area (Å²) in [4.78, 5) is 12.0. The SMILES string of the molecule is C[C@@H]1OC(=O)[C@@H](N)COC[C@H](CC2CC2)[C@H]1Cc1ccccc1. The average Bonchev–Trinajstić information content (AvgIpc) is 3.35. The lowest BCUT2D eigenvalue weighted by atomic mass is 9.80. The summed E-state index contributed by atoms with van der Waals surface area (Å²) in [6.45, 7) is 2.93. The highest BCUT2D eigenvalue weighted by Gasteiger charge is 2.36. The quantitative estimate of drug-likeness (QED) is 0.867. The van der Waals surface area contributed by atoms with Gasteiger partial charge in [0.1, 0.15) is 12.1 Å².